The molecule has 0 saturated heterocycles. The molecule has 4 N–H and O–H groups in total. The molecular weight excluding hydrogens is 368 g/mol. The molecule has 6 heteroatoms. The summed E-state index contributed by atoms with van der Waals surface area (Å²) in [5, 5.41) is 12.5. The molecule has 6 unspecified atom stereocenters. The van der Waals surface area contributed by atoms with Crippen molar-refractivity contribution in [3.63, 3.8) is 0 Å². The highest BCUT2D eigenvalue weighted by molar-refractivity contribution is 6.27. The topological polar surface area (TPSA) is 126 Å². The molecule has 3 fully saturated rings. The van der Waals surface area contributed by atoms with Crippen LogP contribution in [0.25, 0.3) is 0 Å². The molecule has 0 aromatic heterocycles. The first-order chi connectivity index (χ1) is 13.9. The molecule has 29 heavy (non-hydrogen) atoms. The van der Waals surface area contributed by atoms with Crippen LogP contribution in [-0.4, -0.2) is 29.4 Å². The summed E-state index contributed by atoms with van der Waals surface area (Å²) in [6.07, 6.45) is 12.0. The minimum atomic E-state index is -0.277. The van der Waals surface area contributed by atoms with Crippen molar-refractivity contribution in [2.75, 3.05) is 0 Å². The zero-order valence-corrected chi connectivity index (χ0v) is 16.4. The quantitative estimate of drug-likeness (QED) is 0.415. The minimum Gasteiger partial charge on any atom is -0.875 e. The van der Waals surface area contributed by atoms with Gasteiger partial charge in [0.15, 0.2) is 17.3 Å². The van der Waals surface area contributed by atoms with E-state index in [2.05, 4.69) is 0 Å². The van der Waals surface area contributed by atoms with Crippen LogP contribution >= 0.6 is 0 Å². The molecule has 0 radical (unpaired) electrons. The Bertz CT molecular complexity index is 866. The molecule has 6 atom stereocenters. The van der Waals surface area contributed by atoms with Crippen LogP contribution in [0.5, 0.6) is 0 Å². The van der Waals surface area contributed by atoms with Crippen LogP contribution in [0.2, 0.25) is 0 Å². The van der Waals surface area contributed by atoms with E-state index >= 15 is 0 Å². The van der Waals surface area contributed by atoms with Crippen molar-refractivity contribution in [2.45, 2.75) is 50.6 Å². The van der Waals surface area contributed by atoms with Gasteiger partial charge < -0.3 is 16.6 Å². The molecule has 4 rings (SSSR count). The Kier molecular flexibility index (Phi) is 5.40. The molecule has 0 aromatic carbocycles. The van der Waals surface area contributed by atoms with Crippen molar-refractivity contribution >= 4 is 17.3 Å². The van der Waals surface area contributed by atoms with Gasteiger partial charge in [0, 0.05) is 35.4 Å². The van der Waals surface area contributed by atoms with E-state index in [9.17, 15) is 19.5 Å². The summed E-state index contributed by atoms with van der Waals surface area (Å²) in [6.45, 7) is 0. The van der Waals surface area contributed by atoms with Crippen LogP contribution in [0.3, 0.4) is 0 Å². The highest BCUT2D eigenvalue weighted by Crippen LogP contribution is 2.42. The lowest BCUT2D eigenvalue weighted by atomic mass is 9.78. The van der Waals surface area contributed by atoms with Gasteiger partial charge in [0.25, 0.3) is 0 Å². The molecule has 154 valence electrons. The monoisotopic (exact) mass is 395 g/mol. The number of Topliss-reactive ketones (excluding diaryl/α,β-unsaturated/α-hetero) is 3. The standard InChI is InChI=1S/C23H28N2O4/c24-12-6-8-14-18(10-12)22(28)16(20(14)26)4-2-1-3-5-17-21(27)15-9-7-13(25)11-19(15)23(17)29/h1-5,12-15,18-19,28H,6-11,24-25H2/p-1. The number of carbonyl (C=O) groups is 3. The Hall–Kier alpha value is -2.31. The predicted molar refractivity (Wildman–Crippen MR) is 106 cm³/mol. The second-order valence-electron chi connectivity index (χ2n) is 8.77. The Balaban J connectivity index is 1.44. The third-order valence-corrected chi connectivity index (χ3v) is 6.94. The van der Waals surface area contributed by atoms with Gasteiger partial charge in [-0.05, 0) is 50.5 Å². The number of ketones is 3. The molecule has 0 aromatic rings. The van der Waals surface area contributed by atoms with E-state index in [4.69, 9.17) is 11.5 Å². The van der Waals surface area contributed by atoms with Crippen LogP contribution in [0.4, 0.5) is 0 Å². The second kappa shape index (κ2) is 7.84. The molecule has 3 saturated carbocycles. The van der Waals surface area contributed by atoms with Crippen LogP contribution in [0.1, 0.15) is 38.5 Å². The molecule has 4 aliphatic carbocycles. The highest BCUT2D eigenvalue weighted by atomic mass is 16.3. The molecule has 0 spiro atoms. The molecule has 0 amide bonds. The summed E-state index contributed by atoms with van der Waals surface area (Å²) in [5.41, 5.74) is 12.4. The molecule has 4 aliphatic rings. The average molecular weight is 395 g/mol. The summed E-state index contributed by atoms with van der Waals surface area (Å²) >= 11 is 0. The number of hydrogen-bond acceptors (Lipinski definition) is 6. The van der Waals surface area contributed by atoms with Gasteiger partial charge in [0.2, 0.25) is 0 Å². The summed E-state index contributed by atoms with van der Waals surface area (Å²) in [4.78, 5) is 37.5. The zero-order valence-electron chi connectivity index (χ0n) is 16.4. The fourth-order valence-electron chi connectivity index (χ4n) is 5.35. The van der Waals surface area contributed by atoms with Gasteiger partial charge in [-0.1, -0.05) is 24.3 Å². The first-order valence-electron chi connectivity index (χ1n) is 10.5. The Labute approximate surface area is 170 Å². The normalized spacial score (nSPS) is 39.2. The number of hydrogen-bond donors (Lipinski definition) is 2. The van der Waals surface area contributed by atoms with Gasteiger partial charge in [-0.15, -0.1) is 5.76 Å². The van der Waals surface area contributed by atoms with Gasteiger partial charge >= 0.3 is 0 Å². The zero-order chi connectivity index (χ0) is 20.7. The number of fused-ring (bicyclic) bond motifs is 2. The van der Waals surface area contributed by atoms with E-state index in [1.165, 1.54) is 0 Å². The van der Waals surface area contributed by atoms with E-state index in [1.807, 2.05) is 0 Å². The summed E-state index contributed by atoms with van der Waals surface area (Å²) in [5.74, 6) is -1.40. The molecule has 0 heterocycles. The van der Waals surface area contributed by atoms with E-state index in [1.54, 1.807) is 30.4 Å². The number of allylic oxidation sites excluding steroid dienone is 8. The lowest BCUT2D eigenvalue weighted by Crippen LogP contribution is -2.35. The Morgan fingerprint density at radius 1 is 0.724 bits per heavy atom. The van der Waals surface area contributed by atoms with Crippen molar-refractivity contribution in [3.05, 3.63) is 47.3 Å². The number of nitrogens with two attached hydrogens (primary N) is 2. The van der Waals surface area contributed by atoms with Crippen LogP contribution in [0.15, 0.2) is 47.3 Å². The van der Waals surface area contributed by atoms with Crippen LogP contribution in [0, 0.1) is 23.7 Å². The fourth-order valence-corrected chi connectivity index (χ4v) is 5.35. The van der Waals surface area contributed by atoms with E-state index in [0.717, 1.165) is 12.8 Å². The summed E-state index contributed by atoms with van der Waals surface area (Å²) in [7, 11) is 0. The lowest BCUT2D eigenvalue weighted by molar-refractivity contribution is -0.317. The first kappa shape index (κ1) is 20.0. The molecule has 0 bridgehead atoms. The predicted octanol–water partition coefficient (Wildman–Crippen LogP) is 0.861. The smallest absolute Gasteiger partial charge is 0.170 e. The molecule has 0 aliphatic heterocycles. The Morgan fingerprint density at radius 3 is 2.00 bits per heavy atom. The maximum Gasteiger partial charge on any atom is 0.170 e. The van der Waals surface area contributed by atoms with E-state index in [0.29, 0.717) is 25.7 Å². The SMILES string of the molecule is NC1CCC2C(=O)C(=CC=CC=CC3=C([O-])C4CC(N)CCC4C3=O)C(=O)C2C1. The van der Waals surface area contributed by atoms with Crippen LogP contribution in [-0.2, 0) is 14.4 Å². The van der Waals surface area contributed by atoms with Crippen molar-refractivity contribution in [2.24, 2.45) is 35.1 Å². The number of carbonyl (C=O) groups excluding carboxylic acids is 3. The third-order valence-electron chi connectivity index (χ3n) is 6.94. The second-order valence-corrected chi connectivity index (χ2v) is 8.77. The van der Waals surface area contributed by atoms with Gasteiger partial charge in [0.05, 0.1) is 5.57 Å². The average Bonchev–Trinajstić information content (AvgIpc) is 3.07. The third kappa shape index (κ3) is 3.55. The lowest BCUT2D eigenvalue weighted by Gasteiger charge is -2.32. The van der Waals surface area contributed by atoms with Crippen molar-refractivity contribution in [3.8, 4) is 0 Å². The van der Waals surface area contributed by atoms with E-state index in [-0.39, 0.29) is 70.0 Å². The Morgan fingerprint density at radius 2 is 1.31 bits per heavy atom. The molecule has 6 nitrogen and oxygen atoms in total. The van der Waals surface area contributed by atoms with Crippen molar-refractivity contribution in [1.29, 1.82) is 0 Å². The summed E-state index contributed by atoms with van der Waals surface area (Å²) < 4.78 is 0. The maximum atomic E-state index is 12.5. The number of rotatable bonds is 3. The van der Waals surface area contributed by atoms with Crippen molar-refractivity contribution < 1.29 is 19.5 Å². The largest absolute Gasteiger partial charge is 0.875 e. The van der Waals surface area contributed by atoms with Gasteiger partial charge in [-0.2, -0.15) is 0 Å². The fraction of sp³-hybridized carbons (Fsp3) is 0.522. The van der Waals surface area contributed by atoms with Gasteiger partial charge in [-0.3, -0.25) is 14.4 Å². The summed E-state index contributed by atoms with van der Waals surface area (Å²) in [6, 6.07) is -0.0230. The maximum absolute atomic E-state index is 12.5. The molecular formula is C23H27N2O4-. The van der Waals surface area contributed by atoms with Gasteiger partial charge in [-0.25, -0.2) is 0 Å². The van der Waals surface area contributed by atoms with Crippen molar-refractivity contribution in [1.82, 2.24) is 0 Å². The van der Waals surface area contributed by atoms with E-state index < -0.39 is 0 Å². The van der Waals surface area contributed by atoms with Crippen LogP contribution < -0.4 is 16.6 Å². The highest BCUT2D eigenvalue weighted by Gasteiger charge is 2.47. The van der Waals surface area contributed by atoms with Gasteiger partial charge in [0.1, 0.15) is 0 Å². The first-order valence-corrected chi connectivity index (χ1v) is 10.5. The minimum absolute atomic E-state index is 0.0115.